The molecule has 0 fully saturated rings. The fraction of sp³-hybridized carbons (Fsp3) is 0.348. The SMILES string of the molecule is CCOC(=O)c1ccc2c(c1)nc(SCC(=O)N1CCc3ccccc3C1)n2CC. The van der Waals surface area contributed by atoms with Crippen LogP contribution in [0.5, 0.6) is 0 Å². The van der Waals surface area contributed by atoms with Crippen molar-refractivity contribution in [2.24, 2.45) is 0 Å². The Labute approximate surface area is 180 Å². The predicted molar refractivity (Wildman–Crippen MR) is 118 cm³/mol. The van der Waals surface area contributed by atoms with Crippen molar-refractivity contribution < 1.29 is 14.3 Å². The van der Waals surface area contributed by atoms with E-state index in [0.717, 1.165) is 35.7 Å². The molecule has 6 nitrogen and oxygen atoms in total. The van der Waals surface area contributed by atoms with Crippen LogP contribution >= 0.6 is 11.8 Å². The van der Waals surface area contributed by atoms with E-state index in [1.165, 1.54) is 22.9 Å². The van der Waals surface area contributed by atoms with Crippen LogP contribution in [-0.4, -0.2) is 45.2 Å². The zero-order valence-corrected chi connectivity index (χ0v) is 18.1. The number of ether oxygens (including phenoxy) is 1. The fourth-order valence-corrected chi connectivity index (χ4v) is 4.77. The van der Waals surface area contributed by atoms with E-state index in [2.05, 4.69) is 27.8 Å². The summed E-state index contributed by atoms with van der Waals surface area (Å²) in [4.78, 5) is 31.4. The van der Waals surface area contributed by atoms with Crippen LogP contribution < -0.4 is 0 Å². The Balaban J connectivity index is 1.48. The zero-order chi connectivity index (χ0) is 21.1. The van der Waals surface area contributed by atoms with Crippen molar-refractivity contribution in [3.8, 4) is 0 Å². The fourth-order valence-electron chi connectivity index (χ4n) is 3.79. The average Bonchev–Trinajstić information content (AvgIpc) is 3.13. The maximum atomic E-state index is 12.8. The number of carbonyl (C=O) groups is 2. The van der Waals surface area contributed by atoms with Crippen LogP contribution in [-0.2, 0) is 29.0 Å². The molecule has 0 saturated carbocycles. The maximum Gasteiger partial charge on any atom is 0.338 e. The van der Waals surface area contributed by atoms with Gasteiger partial charge in [-0.1, -0.05) is 36.0 Å². The lowest BCUT2D eigenvalue weighted by Crippen LogP contribution is -2.37. The molecule has 0 unspecified atom stereocenters. The van der Waals surface area contributed by atoms with Crippen molar-refractivity contribution in [2.75, 3.05) is 18.9 Å². The molecule has 0 N–H and O–H groups in total. The van der Waals surface area contributed by atoms with Gasteiger partial charge < -0.3 is 14.2 Å². The first kappa shape index (κ1) is 20.5. The number of aryl methyl sites for hydroxylation is 1. The van der Waals surface area contributed by atoms with Gasteiger partial charge in [-0.3, -0.25) is 4.79 Å². The normalized spacial score (nSPS) is 13.3. The molecule has 1 amide bonds. The summed E-state index contributed by atoms with van der Waals surface area (Å²) in [6, 6.07) is 13.7. The molecule has 1 aliphatic heterocycles. The van der Waals surface area contributed by atoms with Crippen LogP contribution in [0.4, 0.5) is 0 Å². The second kappa shape index (κ2) is 8.92. The molecular formula is C23H25N3O3S. The Morgan fingerprint density at radius 1 is 1.13 bits per heavy atom. The Morgan fingerprint density at radius 3 is 2.70 bits per heavy atom. The molecule has 0 radical (unpaired) electrons. The minimum Gasteiger partial charge on any atom is -0.462 e. The number of hydrogen-bond acceptors (Lipinski definition) is 5. The van der Waals surface area contributed by atoms with E-state index in [1.807, 2.05) is 24.0 Å². The van der Waals surface area contributed by atoms with E-state index in [0.29, 0.717) is 24.5 Å². The van der Waals surface area contributed by atoms with Gasteiger partial charge in [-0.15, -0.1) is 0 Å². The quantitative estimate of drug-likeness (QED) is 0.444. The summed E-state index contributed by atoms with van der Waals surface area (Å²) >= 11 is 1.45. The lowest BCUT2D eigenvalue weighted by molar-refractivity contribution is -0.129. The van der Waals surface area contributed by atoms with Gasteiger partial charge in [0.1, 0.15) is 0 Å². The van der Waals surface area contributed by atoms with Gasteiger partial charge in [-0.05, 0) is 49.6 Å². The summed E-state index contributed by atoms with van der Waals surface area (Å²) < 4.78 is 7.16. The Bertz CT molecular complexity index is 1090. The standard InChI is InChI=1S/C23H25N3O3S/c1-3-26-20-10-9-17(22(28)29-4-2)13-19(20)24-23(26)30-15-21(27)25-12-11-16-7-5-6-8-18(16)14-25/h5-10,13H,3-4,11-12,14-15H2,1-2H3. The highest BCUT2D eigenvalue weighted by Crippen LogP contribution is 2.26. The summed E-state index contributed by atoms with van der Waals surface area (Å²) in [7, 11) is 0. The first-order valence-corrected chi connectivity index (χ1v) is 11.2. The molecule has 156 valence electrons. The average molecular weight is 424 g/mol. The highest BCUT2D eigenvalue weighted by Gasteiger charge is 2.21. The molecule has 0 atom stereocenters. The van der Waals surface area contributed by atoms with E-state index >= 15 is 0 Å². The summed E-state index contributed by atoms with van der Waals surface area (Å²) in [5.41, 5.74) is 4.75. The van der Waals surface area contributed by atoms with Crippen LogP contribution in [0.1, 0.15) is 35.3 Å². The molecule has 0 saturated heterocycles. The van der Waals surface area contributed by atoms with E-state index in [4.69, 9.17) is 4.74 Å². The number of aromatic nitrogens is 2. The van der Waals surface area contributed by atoms with Crippen molar-refractivity contribution in [2.45, 2.75) is 38.5 Å². The third-order valence-corrected chi connectivity index (χ3v) is 6.31. The van der Waals surface area contributed by atoms with Gasteiger partial charge in [0.25, 0.3) is 0 Å². The summed E-state index contributed by atoms with van der Waals surface area (Å²) in [6.45, 7) is 6.34. The molecule has 1 aromatic heterocycles. The predicted octanol–water partition coefficient (Wildman–Crippen LogP) is 3.91. The van der Waals surface area contributed by atoms with Crippen LogP contribution in [0.25, 0.3) is 11.0 Å². The number of hydrogen-bond donors (Lipinski definition) is 0. The molecule has 2 heterocycles. The van der Waals surface area contributed by atoms with Gasteiger partial charge in [-0.25, -0.2) is 9.78 Å². The van der Waals surface area contributed by atoms with Gasteiger partial charge in [0.2, 0.25) is 5.91 Å². The van der Waals surface area contributed by atoms with E-state index in [-0.39, 0.29) is 11.9 Å². The zero-order valence-electron chi connectivity index (χ0n) is 17.3. The smallest absolute Gasteiger partial charge is 0.338 e. The van der Waals surface area contributed by atoms with Crippen LogP contribution in [0, 0.1) is 0 Å². The molecule has 0 aliphatic carbocycles. The third kappa shape index (κ3) is 4.07. The van der Waals surface area contributed by atoms with Crippen molar-refractivity contribution >= 4 is 34.7 Å². The number of imidazole rings is 1. The van der Waals surface area contributed by atoms with Crippen molar-refractivity contribution in [3.05, 3.63) is 59.2 Å². The van der Waals surface area contributed by atoms with Gasteiger partial charge in [-0.2, -0.15) is 0 Å². The number of amides is 1. The minimum absolute atomic E-state index is 0.122. The number of esters is 1. The van der Waals surface area contributed by atoms with Crippen molar-refractivity contribution in [3.63, 3.8) is 0 Å². The molecule has 1 aliphatic rings. The first-order valence-electron chi connectivity index (χ1n) is 10.3. The van der Waals surface area contributed by atoms with Gasteiger partial charge in [0.05, 0.1) is 29.0 Å². The largest absolute Gasteiger partial charge is 0.462 e. The Hall–Kier alpha value is -2.80. The number of benzene rings is 2. The lowest BCUT2D eigenvalue weighted by Gasteiger charge is -2.28. The summed E-state index contributed by atoms with van der Waals surface area (Å²) in [6.07, 6.45) is 0.899. The number of fused-ring (bicyclic) bond motifs is 2. The molecule has 0 spiro atoms. The molecular weight excluding hydrogens is 398 g/mol. The van der Waals surface area contributed by atoms with E-state index < -0.39 is 0 Å². The maximum absolute atomic E-state index is 12.8. The molecule has 2 aromatic carbocycles. The second-order valence-corrected chi connectivity index (χ2v) is 8.13. The monoisotopic (exact) mass is 423 g/mol. The van der Waals surface area contributed by atoms with E-state index in [9.17, 15) is 9.59 Å². The second-order valence-electron chi connectivity index (χ2n) is 7.19. The van der Waals surface area contributed by atoms with Crippen molar-refractivity contribution in [1.29, 1.82) is 0 Å². The van der Waals surface area contributed by atoms with E-state index in [1.54, 1.807) is 19.1 Å². The van der Waals surface area contributed by atoms with Gasteiger partial charge >= 0.3 is 5.97 Å². The summed E-state index contributed by atoms with van der Waals surface area (Å²) in [5.74, 6) is 0.118. The van der Waals surface area contributed by atoms with Gasteiger partial charge in [0.15, 0.2) is 5.16 Å². The Morgan fingerprint density at radius 2 is 1.93 bits per heavy atom. The lowest BCUT2D eigenvalue weighted by atomic mass is 10.00. The molecule has 0 bridgehead atoms. The number of rotatable bonds is 6. The molecule has 7 heteroatoms. The number of thioether (sulfide) groups is 1. The first-order chi connectivity index (χ1) is 14.6. The van der Waals surface area contributed by atoms with Crippen LogP contribution in [0.3, 0.4) is 0 Å². The highest BCUT2D eigenvalue weighted by molar-refractivity contribution is 7.99. The van der Waals surface area contributed by atoms with Gasteiger partial charge in [0, 0.05) is 19.6 Å². The molecule has 3 aromatic rings. The number of nitrogens with zero attached hydrogens (tertiary/aromatic N) is 3. The molecule has 4 rings (SSSR count). The van der Waals surface area contributed by atoms with Crippen LogP contribution in [0.2, 0.25) is 0 Å². The topological polar surface area (TPSA) is 64.4 Å². The highest BCUT2D eigenvalue weighted by atomic mass is 32.2. The third-order valence-electron chi connectivity index (χ3n) is 5.35. The number of carbonyl (C=O) groups excluding carboxylic acids is 2. The molecule has 30 heavy (non-hydrogen) atoms. The van der Waals surface area contributed by atoms with Crippen LogP contribution in [0.15, 0.2) is 47.6 Å². The summed E-state index contributed by atoms with van der Waals surface area (Å²) in [5, 5.41) is 0.791. The Kier molecular flexibility index (Phi) is 6.08. The minimum atomic E-state index is -0.347. The van der Waals surface area contributed by atoms with Crippen molar-refractivity contribution in [1.82, 2.24) is 14.5 Å².